The molecule has 2 aromatic rings. The maximum Gasteiger partial charge on any atom is 0.339 e. The normalized spacial score (nSPS) is 21.7. The number of carbonyl (C=O) groups excluding carboxylic acids is 2. The standard InChI is InChI=1S/C22H21NO5/c24-20(19-12-14-6-2-3-7-16(14)21(25)26-19)23-15-8-9-17-18(13-15)28-22(27-17)10-4-1-5-11-22/h2-3,6-9,13,19H,1,4-5,10-12H2,(H,23,24)/t19-/m1/s1. The maximum atomic E-state index is 12.7. The summed E-state index contributed by atoms with van der Waals surface area (Å²) < 4.78 is 17.5. The number of ether oxygens (including phenoxy) is 3. The molecule has 2 aromatic carbocycles. The van der Waals surface area contributed by atoms with Crippen molar-refractivity contribution in [2.75, 3.05) is 5.32 Å². The first-order valence-electron chi connectivity index (χ1n) is 9.74. The van der Waals surface area contributed by atoms with Gasteiger partial charge in [-0.1, -0.05) is 24.6 Å². The van der Waals surface area contributed by atoms with Gasteiger partial charge in [-0.05, 0) is 36.6 Å². The predicted octanol–water partition coefficient (Wildman–Crippen LogP) is 3.84. The van der Waals surface area contributed by atoms with Gasteiger partial charge in [-0.2, -0.15) is 0 Å². The molecule has 0 saturated heterocycles. The number of amides is 1. The average Bonchev–Trinajstić information content (AvgIpc) is 3.05. The number of hydrogen-bond acceptors (Lipinski definition) is 5. The molecule has 0 radical (unpaired) electrons. The predicted molar refractivity (Wildman–Crippen MR) is 101 cm³/mol. The van der Waals surface area contributed by atoms with E-state index >= 15 is 0 Å². The highest BCUT2D eigenvalue weighted by Crippen LogP contribution is 2.46. The largest absolute Gasteiger partial charge is 0.448 e. The Morgan fingerprint density at radius 1 is 1.00 bits per heavy atom. The molecular formula is C22H21NO5. The van der Waals surface area contributed by atoms with E-state index in [4.69, 9.17) is 14.2 Å². The molecule has 0 bridgehead atoms. The summed E-state index contributed by atoms with van der Waals surface area (Å²) in [4.78, 5) is 24.8. The molecule has 1 atom stereocenters. The fourth-order valence-electron chi connectivity index (χ4n) is 4.17. The molecule has 0 unspecified atom stereocenters. The van der Waals surface area contributed by atoms with Crippen LogP contribution in [0.5, 0.6) is 11.5 Å². The molecule has 5 rings (SSSR count). The SMILES string of the molecule is O=C1O[C@@H](C(=O)Nc2ccc3c(c2)OC2(CCCCC2)O3)Cc2ccccc21. The minimum absolute atomic E-state index is 0.353. The van der Waals surface area contributed by atoms with Crippen LogP contribution in [0.25, 0.3) is 0 Å². The van der Waals surface area contributed by atoms with Crippen molar-refractivity contribution in [2.24, 2.45) is 0 Å². The Morgan fingerprint density at radius 3 is 2.64 bits per heavy atom. The number of esters is 1. The number of carbonyl (C=O) groups is 2. The summed E-state index contributed by atoms with van der Waals surface area (Å²) in [7, 11) is 0. The fourth-order valence-corrected chi connectivity index (χ4v) is 4.17. The Bertz CT molecular complexity index is 948. The van der Waals surface area contributed by atoms with E-state index < -0.39 is 17.9 Å². The number of cyclic esters (lactones) is 1. The number of hydrogen-bond donors (Lipinski definition) is 1. The van der Waals surface area contributed by atoms with Crippen molar-refractivity contribution in [3.8, 4) is 11.5 Å². The van der Waals surface area contributed by atoms with Gasteiger partial charge in [0.25, 0.3) is 11.7 Å². The second-order valence-electron chi connectivity index (χ2n) is 7.58. The Kier molecular flexibility index (Phi) is 4.00. The number of fused-ring (bicyclic) bond motifs is 2. The third kappa shape index (κ3) is 2.99. The molecule has 2 aliphatic heterocycles. The highest BCUT2D eigenvalue weighted by Gasteiger charge is 2.42. The Labute approximate surface area is 162 Å². The Hall–Kier alpha value is -3.02. The van der Waals surface area contributed by atoms with E-state index in [1.54, 1.807) is 24.3 Å². The van der Waals surface area contributed by atoms with Gasteiger partial charge in [0.15, 0.2) is 17.6 Å². The van der Waals surface area contributed by atoms with Crippen LogP contribution >= 0.6 is 0 Å². The molecule has 6 heteroatoms. The topological polar surface area (TPSA) is 73.9 Å². The first-order valence-corrected chi connectivity index (χ1v) is 9.74. The fraction of sp³-hybridized carbons (Fsp3) is 0.364. The van der Waals surface area contributed by atoms with Crippen LogP contribution < -0.4 is 14.8 Å². The van der Waals surface area contributed by atoms with E-state index in [2.05, 4.69) is 5.32 Å². The second-order valence-corrected chi connectivity index (χ2v) is 7.58. The van der Waals surface area contributed by atoms with Crippen molar-refractivity contribution in [3.63, 3.8) is 0 Å². The Morgan fingerprint density at radius 2 is 1.79 bits per heavy atom. The van der Waals surface area contributed by atoms with Crippen molar-refractivity contribution in [1.82, 2.24) is 0 Å². The van der Waals surface area contributed by atoms with Crippen molar-refractivity contribution in [2.45, 2.75) is 50.4 Å². The van der Waals surface area contributed by atoms with Gasteiger partial charge in [-0.15, -0.1) is 0 Å². The summed E-state index contributed by atoms with van der Waals surface area (Å²) in [6, 6.07) is 12.6. The smallest absolute Gasteiger partial charge is 0.339 e. The van der Waals surface area contributed by atoms with E-state index in [9.17, 15) is 9.59 Å². The van der Waals surface area contributed by atoms with Gasteiger partial charge in [0, 0.05) is 31.0 Å². The third-order valence-corrected chi connectivity index (χ3v) is 5.60. The molecule has 144 valence electrons. The highest BCUT2D eigenvalue weighted by atomic mass is 16.7. The summed E-state index contributed by atoms with van der Waals surface area (Å²) in [5, 5.41) is 2.83. The average molecular weight is 379 g/mol. The molecule has 1 N–H and O–H groups in total. The molecule has 28 heavy (non-hydrogen) atoms. The van der Waals surface area contributed by atoms with Crippen LogP contribution in [-0.4, -0.2) is 23.8 Å². The van der Waals surface area contributed by atoms with E-state index in [1.165, 1.54) is 6.42 Å². The number of rotatable bonds is 2. The zero-order chi connectivity index (χ0) is 19.1. The molecule has 2 heterocycles. The first-order chi connectivity index (χ1) is 13.6. The second kappa shape index (κ2) is 6.55. The molecule has 1 saturated carbocycles. The monoisotopic (exact) mass is 379 g/mol. The maximum absolute atomic E-state index is 12.7. The van der Waals surface area contributed by atoms with Gasteiger partial charge in [0.05, 0.1) is 5.56 Å². The molecule has 1 spiro atoms. The van der Waals surface area contributed by atoms with Crippen LogP contribution in [0.4, 0.5) is 5.69 Å². The number of benzene rings is 2. The number of nitrogens with one attached hydrogen (secondary N) is 1. The van der Waals surface area contributed by atoms with Gasteiger partial charge in [-0.3, -0.25) is 4.79 Å². The van der Waals surface area contributed by atoms with Crippen LogP contribution in [0.2, 0.25) is 0 Å². The zero-order valence-corrected chi connectivity index (χ0v) is 15.4. The van der Waals surface area contributed by atoms with Crippen molar-refractivity contribution >= 4 is 17.6 Å². The van der Waals surface area contributed by atoms with Crippen LogP contribution in [-0.2, 0) is 16.0 Å². The molecule has 1 amide bonds. The lowest BCUT2D eigenvalue weighted by atomic mass is 9.94. The van der Waals surface area contributed by atoms with Gasteiger partial charge >= 0.3 is 5.97 Å². The molecule has 1 fully saturated rings. The van der Waals surface area contributed by atoms with Gasteiger partial charge < -0.3 is 19.5 Å². The van der Waals surface area contributed by atoms with Crippen LogP contribution in [0, 0.1) is 0 Å². The quantitative estimate of drug-likeness (QED) is 0.803. The molecular weight excluding hydrogens is 358 g/mol. The molecule has 3 aliphatic rings. The van der Waals surface area contributed by atoms with Gasteiger partial charge in [0.1, 0.15) is 0 Å². The third-order valence-electron chi connectivity index (χ3n) is 5.60. The minimum Gasteiger partial charge on any atom is -0.448 e. The van der Waals surface area contributed by atoms with Crippen molar-refractivity contribution in [1.29, 1.82) is 0 Å². The lowest BCUT2D eigenvalue weighted by Gasteiger charge is -2.31. The molecule has 6 nitrogen and oxygen atoms in total. The van der Waals surface area contributed by atoms with Gasteiger partial charge in [-0.25, -0.2) is 4.79 Å². The summed E-state index contributed by atoms with van der Waals surface area (Å²) in [5.74, 6) is -0.0177. The highest BCUT2D eigenvalue weighted by molar-refractivity contribution is 6.00. The van der Waals surface area contributed by atoms with E-state index in [0.717, 1.165) is 31.2 Å². The summed E-state index contributed by atoms with van der Waals surface area (Å²) in [5.41, 5.74) is 1.94. The van der Waals surface area contributed by atoms with Crippen LogP contribution in [0.1, 0.15) is 48.0 Å². The van der Waals surface area contributed by atoms with Crippen molar-refractivity contribution < 1.29 is 23.8 Å². The van der Waals surface area contributed by atoms with E-state index in [0.29, 0.717) is 29.2 Å². The Balaban J connectivity index is 1.30. The number of anilines is 1. The first kappa shape index (κ1) is 17.1. The summed E-state index contributed by atoms with van der Waals surface area (Å²) >= 11 is 0. The van der Waals surface area contributed by atoms with Gasteiger partial charge in [0.2, 0.25) is 0 Å². The van der Waals surface area contributed by atoms with Crippen LogP contribution in [0.3, 0.4) is 0 Å². The van der Waals surface area contributed by atoms with E-state index in [-0.39, 0.29) is 5.91 Å². The lowest BCUT2D eigenvalue weighted by Crippen LogP contribution is -2.40. The lowest BCUT2D eigenvalue weighted by molar-refractivity contribution is -0.125. The summed E-state index contributed by atoms with van der Waals surface area (Å²) in [6.45, 7) is 0. The summed E-state index contributed by atoms with van der Waals surface area (Å²) in [6.07, 6.45) is 4.65. The zero-order valence-electron chi connectivity index (χ0n) is 15.4. The van der Waals surface area contributed by atoms with Crippen molar-refractivity contribution in [3.05, 3.63) is 53.6 Å². The van der Waals surface area contributed by atoms with E-state index in [1.807, 2.05) is 18.2 Å². The van der Waals surface area contributed by atoms with Crippen LogP contribution in [0.15, 0.2) is 42.5 Å². The minimum atomic E-state index is -0.850. The molecule has 1 aliphatic carbocycles. The molecule has 0 aromatic heterocycles.